The fraction of sp³-hybridized carbons (Fsp3) is 0.333. The van der Waals surface area contributed by atoms with Crippen LogP contribution in [0.25, 0.3) is 10.9 Å². The second kappa shape index (κ2) is 5.25. The van der Waals surface area contributed by atoms with Gasteiger partial charge in [0.25, 0.3) is 5.56 Å². The Morgan fingerprint density at radius 3 is 2.86 bits per heavy atom. The average molecular weight is 300 g/mol. The number of carbonyl (C=O) groups excluding carboxylic acids is 2. The molecule has 3 N–H and O–H groups in total. The molecule has 0 spiro atoms. The highest BCUT2D eigenvalue weighted by atomic mass is 16.2. The minimum absolute atomic E-state index is 0.282. The maximum atomic E-state index is 12.7. The van der Waals surface area contributed by atoms with E-state index in [1.165, 1.54) is 4.57 Å². The molecule has 7 nitrogen and oxygen atoms in total. The number of benzene rings is 1. The SMILES string of the molecule is Cc1nc2ccc(N)cc2c(=O)n1C1CCCC(=O)NC1=O. The van der Waals surface area contributed by atoms with E-state index in [0.717, 1.165) is 0 Å². The number of rotatable bonds is 1. The highest BCUT2D eigenvalue weighted by Gasteiger charge is 2.28. The third kappa shape index (κ3) is 2.34. The van der Waals surface area contributed by atoms with Crippen molar-refractivity contribution in [3.63, 3.8) is 0 Å². The smallest absolute Gasteiger partial charge is 0.262 e. The van der Waals surface area contributed by atoms with Gasteiger partial charge < -0.3 is 5.73 Å². The first kappa shape index (κ1) is 14.2. The fourth-order valence-corrected chi connectivity index (χ4v) is 2.81. The topological polar surface area (TPSA) is 107 Å². The van der Waals surface area contributed by atoms with E-state index in [9.17, 15) is 14.4 Å². The van der Waals surface area contributed by atoms with Crippen LogP contribution < -0.4 is 16.6 Å². The molecule has 1 aliphatic rings. The Kier molecular flexibility index (Phi) is 3.40. The summed E-state index contributed by atoms with van der Waals surface area (Å²) in [5.74, 6) is -0.328. The lowest BCUT2D eigenvalue weighted by molar-refractivity contribution is -0.131. The molecule has 0 radical (unpaired) electrons. The van der Waals surface area contributed by atoms with Crippen LogP contribution in [0.3, 0.4) is 0 Å². The van der Waals surface area contributed by atoms with Gasteiger partial charge in [-0.2, -0.15) is 0 Å². The van der Waals surface area contributed by atoms with Crippen LogP contribution >= 0.6 is 0 Å². The van der Waals surface area contributed by atoms with E-state index in [1.807, 2.05) is 0 Å². The Hall–Kier alpha value is -2.70. The third-order valence-electron chi connectivity index (χ3n) is 3.86. The fourth-order valence-electron chi connectivity index (χ4n) is 2.81. The molecule has 2 heterocycles. The molecule has 1 aliphatic heterocycles. The number of aromatic nitrogens is 2. The summed E-state index contributed by atoms with van der Waals surface area (Å²) in [5, 5.41) is 2.68. The van der Waals surface area contributed by atoms with Crippen LogP contribution in [0.4, 0.5) is 5.69 Å². The van der Waals surface area contributed by atoms with Crippen molar-refractivity contribution in [1.82, 2.24) is 14.9 Å². The summed E-state index contributed by atoms with van der Waals surface area (Å²) in [6.45, 7) is 1.68. The lowest BCUT2D eigenvalue weighted by Gasteiger charge is -2.19. The van der Waals surface area contributed by atoms with Crippen LogP contribution in [0.2, 0.25) is 0 Å². The van der Waals surface area contributed by atoms with Gasteiger partial charge in [0.1, 0.15) is 11.9 Å². The largest absolute Gasteiger partial charge is 0.399 e. The summed E-state index contributed by atoms with van der Waals surface area (Å²) in [6, 6.07) is 4.19. The number of amides is 2. The molecule has 1 unspecified atom stereocenters. The number of nitrogens with two attached hydrogens (primary N) is 1. The number of carbonyl (C=O) groups is 2. The van der Waals surface area contributed by atoms with Gasteiger partial charge in [-0.15, -0.1) is 0 Å². The van der Waals surface area contributed by atoms with E-state index < -0.39 is 11.9 Å². The van der Waals surface area contributed by atoms with Crippen molar-refractivity contribution in [2.45, 2.75) is 32.2 Å². The van der Waals surface area contributed by atoms with Crippen molar-refractivity contribution in [2.24, 2.45) is 0 Å². The molecule has 3 rings (SSSR count). The summed E-state index contributed by atoms with van der Waals surface area (Å²) in [7, 11) is 0. The molecular formula is C15H16N4O3. The zero-order valence-corrected chi connectivity index (χ0v) is 12.1. The molecule has 2 amide bonds. The van der Waals surface area contributed by atoms with Gasteiger partial charge in [-0.25, -0.2) is 4.98 Å². The average Bonchev–Trinajstić information content (AvgIpc) is 2.61. The quantitative estimate of drug-likeness (QED) is 0.594. The van der Waals surface area contributed by atoms with E-state index in [4.69, 9.17) is 5.73 Å². The molecule has 1 fully saturated rings. The summed E-state index contributed by atoms with van der Waals surface area (Å²) < 4.78 is 1.36. The lowest BCUT2D eigenvalue weighted by atomic mass is 10.1. The molecule has 0 saturated carbocycles. The second-order valence-electron chi connectivity index (χ2n) is 5.43. The second-order valence-corrected chi connectivity index (χ2v) is 5.43. The van der Waals surface area contributed by atoms with E-state index >= 15 is 0 Å². The number of hydrogen-bond donors (Lipinski definition) is 2. The first-order chi connectivity index (χ1) is 10.5. The maximum Gasteiger partial charge on any atom is 0.262 e. The van der Waals surface area contributed by atoms with Crippen LogP contribution in [-0.2, 0) is 9.59 Å². The Morgan fingerprint density at radius 2 is 2.09 bits per heavy atom. The standard InChI is InChI=1S/C15H16N4O3/c1-8-17-11-6-5-9(16)7-10(11)15(22)19(8)12-3-2-4-13(20)18-14(12)21/h5-7,12H,2-4,16H2,1H3,(H,18,20,21). The van der Waals surface area contributed by atoms with Crippen LogP contribution in [0, 0.1) is 6.92 Å². The van der Waals surface area contributed by atoms with Crippen LogP contribution in [0.1, 0.15) is 31.1 Å². The first-order valence-electron chi connectivity index (χ1n) is 7.09. The van der Waals surface area contributed by atoms with E-state index in [0.29, 0.717) is 35.3 Å². The van der Waals surface area contributed by atoms with Crippen LogP contribution in [0.15, 0.2) is 23.0 Å². The summed E-state index contributed by atoms with van der Waals surface area (Å²) in [6.07, 6.45) is 1.25. The Labute approximate surface area is 126 Å². The minimum Gasteiger partial charge on any atom is -0.399 e. The van der Waals surface area contributed by atoms with Crippen molar-refractivity contribution in [1.29, 1.82) is 0 Å². The van der Waals surface area contributed by atoms with Gasteiger partial charge in [-0.1, -0.05) is 0 Å². The molecule has 1 aromatic carbocycles. The molecular weight excluding hydrogens is 284 g/mol. The highest BCUT2D eigenvalue weighted by Crippen LogP contribution is 2.20. The van der Waals surface area contributed by atoms with Gasteiger partial charge in [-0.3, -0.25) is 24.3 Å². The number of hydrogen-bond acceptors (Lipinski definition) is 5. The number of fused-ring (bicyclic) bond motifs is 1. The molecule has 1 aromatic heterocycles. The van der Waals surface area contributed by atoms with Crippen molar-refractivity contribution in [2.75, 3.05) is 5.73 Å². The number of imide groups is 1. The van der Waals surface area contributed by atoms with Gasteiger partial charge in [0.2, 0.25) is 11.8 Å². The van der Waals surface area contributed by atoms with Crippen LogP contribution in [-0.4, -0.2) is 21.4 Å². The van der Waals surface area contributed by atoms with Gasteiger partial charge in [0.15, 0.2) is 0 Å². The Balaban J connectivity index is 2.19. The zero-order valence-electron chi connectivity index (χ0n) is 12.1. The van der Waals surface area contributed by atoms with Gasteiger partial charge in [0, 0.05) is 12.1 Å². The molecule has 114 valence electrons. The number of nitrogens with zero attached hydrogens (tertiary/aromatic N) is 2. The normalized spacial score (nSPS) is 19.0. The molecule has 1 atom stereocenters. The first-order valence-corrected chi connectivity index (χ1v) is 7.09. The van der Waals surface area contributed by atoms with Crippen molar-refractivity contribution >= 4 is 28.4 Å². The lowest BCUT2D eigenvalue weighted by Crippen LogP contribution is -2.39. The van der Waals surface area contributed by atoms with Crippen LogP contribution in [0.5, 0.6) is 0 Å². The molecule has 1 saturated heterocycles. The third-order valence-corrected chi connectivity index (χ3v) is 3.86. The van der Waals surface area contributed by atoms with Crippen molar-refractivity contribution in [3.05, 3.63) is 34.4 Å². The Morgan fingerprint density at radius 1 is 1.32 bits per heavy atom. The minimum atomic E-state index is -0.725. The van der Waals surface area contributed by atoms with Gasteiger partial charge in [0.05, 0.1) is 10.9 Å². The number of aryl methyl sites for hydroxylation is 1. The molecule has 0 bridgehead atoms. The zero-order chi connectivity index (χ0) is 15.9. The van der Waals surface area contributed by atoms with Crippen molar-refractivity contribution in [3.8, 4) is 0 Å². The predicted octanol–water partition coefficient (Wildman–Crippen LogP) is 0.655. The van der Waals surface area contributed by atoms with E-state index in [-0.39, 0.29) is 17.9 Å². The van der Waals surface area contributed by atoms with E-state index in [2.05, 4.69) is 10.3 Å². The van der Waals surface area contributed by atoms with Gasteiger partial charge in [-0.05, 0) is 38.0 Å². The summed E-state index contributed by atoms with van der Waals surface area (Å²) >= 11 is 0. The van der Waals surface area contributed by atoms with E-state index in [1.54, 1.807) is 25.1 Å². The summed E-state index contributed by atoms with van der Waals surface area (Å²) in [5.41, 5.74) is 6.41. The van der Waals surface area contributed by atoms with Gasteiger partial charge >= 0.3 is 0 Å². The Bertz CT molecular complexity index is 841. The molecule has 2 aromatic rings. The number of nitrogen functional groups attached to an aromatic ring is 1. The number of anilines is 1. The molecule has 0 aliphatic carbocycles. The maximum absolute atomic E-state index is 12.7. The predicted molar refractivity (Wildman–Crippen MR) is 81.2 cm³/mol. The molecule has 7 heteroatoms. The highest BCUT2D eigenvalue weighted by molar-refractivity contribution is 5.98. The number of nitrogens with one attached hydrogen (secondary N) is 1. The molecule has 22 heavy (non-hydrogen) atoms. The van der Waals surface area contributed by atoms with Crippen molar-refractivity contribution < 1.29 is 9.59 Å². The summed E-state index contributed by atoms with van der Waals surface area (Å²) in [4.78, 5) is 40.8. The monoisotopic (exact) mass is 300 g/mol.